The van der Waals surface area contributed by atoms with E-state index in [1.165, 1.54) is 22.6 Å². The van der Waals surface area contributed by atoms with E-state index >= 15 is 0 Å². The Labute approximate surface area is 169 Å². The fourth-order valence-corrected chi connectivity index (χ4v) is 5.82. The Kier molecular flexibility index (Phi) is 6.29. The van der Waals surface area contributed by atoms with Crippen LogP contribution < -0.4 is 10.2 Å². The van der Waals surface area contributed by atoms with E-state index in [4.69, 9.17) is 0 Å². The first-order chi connectivity index (χ1) is 13.3. The summed E-state index contributed by atoms with van der Waals surface area (Å²) in [6.45, 7) is 5.21. The van der Waals surface area contributed by atoms with E-state index < -0.39 is 10.0 Å². The second-order valence-electron chi connectivity index (χ2n) is 6.84. The van der Waals surface area contributed by atoms with E-state index in [1.807, 2.05) is 6.92 Å². The topological polar surface area (TPSA) is 88.0 Å². The van der Waals surface area contributed by atoms with Gasteiger partial charge in [0, 0.05) is 11.3 Å². The molecule has 9 heteroatoms. The van der Waals surface area contributed by atoms with Gasteiger partial charge in [0.05, 0.1) is 26.2 Å². The third-order valence-electron chi connectivity index (χ3n) is 5.00. The van der Waals surface area contributed by atoms with Crippen LogP contribution in [0.3, 0.4) is 0 Å². The molecule has 2 aromatic rings. The van der Waals surface area contributed by atoms with Crippen LogP contribution in [0.15, 0.2) is 46.0 Å². The van der Waals surface area contributed by atoms with Gasteiger partial charge < -0.3 is 10.2 Å². The van der Waals surface area contributed by atoms with Crippen LogP contribution in [0.1, 0.15) is 24.2 Å². The van der Waals surface area contributed by atoms with Crippen molar-refractivity contribution in [2.45, 2.75) is 24.1 Å². The fraction of sp³-hybridized carbons (Fsp3) is 0.368. The van der Waals surface area contributed by atoms with E-state index in [2.05, 4.69) is 5.32 Å². The van der Waals surface area contributed by atoms with Crippen LogP contribution in [0.2, 0.25) is 0 Å². The summed E-state index contributed by atoms with van der Waals surface area (Å²) in [5.41, 5.74) is 1.13. The van der Waals surface area contributed by atoms with Crippen molar-refractivity contribution in [2.24, 2.45) is 0 Å². The summed E-state index contributed by atoms with van der Waals surface area (Å²) in [6, 6.07) is 9.87. The monoisotopic (exact) mass is 422 g/mol. The summed E-state index contributed by atoms with van der Waals surface area (Å²) in [4.78, 5) is 25.1. The van der Waals surface area contributed by atoms with Crippen LogP contribution in [0.25, 0.3) is 0 Å². The minimum Gasteiger partial charge on any atom is -0.323 e. The molecule has 1 aliphatic heterocycles. The number of ketones is 1. The first-order valence-electron chi connectivity index (χ1n) is 9.09. The minimum atomic E-state index is -3.44. The van der Waals surface area contributed by atoms with E-state index in [9.17, 15) is 18.0 Å². The van der Waals surface area contributed by atoms with Crippen molar-refractivity contribution in [3.8, 4) is 0 Å². The van der Waals surface area contributed by atoms with E-state index in [0.29, 0.717) is 41.6 Å². The maximum Gasteiger partial charge on any atom is 0.282 e. The molecule has 1 aromatic carbocycles. The fourth-order valence-electron chi connectivity index (χ4n) is 3.24. The number of sulfonamides is 1. The lowest BCUT2D eigenvalue weighted by atomic mass is 10.1. The van der Waals surface area contributed by atoms with Crippen LogP contribution in [0.4, 0.5) is 5.69 Å². The lowest BCUT2D eigenvalue weighted by Gasteiger charge is -2.33. The highest BCUT2D eigenvalue weighted by Crippen LogP contribution is 2.20. The number of rotatable bonds is 6. The van der Waals surface area contributed by atoms with Crippen LogP contribution in [0, 0.1) is 0 Å². The molecule has 3 rings (SSSR count). The number of nitrogens with zero attached hydrogens (tertiary/aromatic N) is 1. The average molecular weight is 423 g/mol. The maximum absolute atomic E-state index is 12.6. The number of thiophene rings is 1. The predicted octanol–water partition coefficient (Wildman–Crippen LogP) is 0.867. The molecular formula is C19H24N3O4S2+. The molecule has 28 heavy (non-hydrogen) atoms. The minimum absolute atomic E-state index is 0.0576. The molecule has 0 spiro atoms. The van der Waals surface area contributed by atoms with Crippen molar-refractivity contribution >= 4 is 38.7 Å². The van der Waals surface area contributed by atoms with Crippen LogP contribution in [0.5, 0.6) is 0 Å². The standard InChI is InChI=1S/C19H23N3O4S2/c1-14(19(24)20-17-6-3-5-16(13-17)15(2)23)21-8-10-22(11-9-21)28(25,26)18-7-4-12-27-18/h3-7,12-14H,8-11H2,1-2H3,(H,20,24)/p+1/t14-/m1/s1. The Morgan fingerprint density at radius 1 is 1.18 bits per heavy atom. The Bertz CT molecular complexity index is 949. The summed E-state index contributed by atoms with van der Waals surface area (Å²) >= 11 is 1.22. The molecule has 0 radical (unpaired) electrons. The summed E-state index contributed by atoms with van der Waals surface area (Å²) in [5, 5.41) is 4.61. The highest BCUT2D eigenvalue weighted by molar-refractivity contribution is 7.91. The maximum atomic E-state index is 12.6. The number of hydrogen-bond acceptors (Lipinski definition) is 5. The molecule has 1 aliphatic rings. The third kappa shape index (κ3) is 4.49. The van der Waals surface area contributed by atoms with Gasteiger partial charge >= 0.3 is 0 Å². The zero-order chi connectivity index (χ0) is 20.3. The SMILES string of the molecule is CC(=O)c1cccc(NC(=O)[C@@H](C)[NH+]2CCN(S(=O)(=O)c3cccs3)CC2)c1. The van der Waals surface area contributed by atoms with Gasteiger partial charge in [-0.25, -0.2) is 8.42 Å². The quantitative estimate of drug-likeness (QED) is 0.676. The van der Waals surface area contributed by atoms with Gasteiger partial charge in [-0.1, -0.05) is 18.2 Å². The molecule has 1 saturated heterocycles. The first-order valence-corrected chi connectivity index (χ1v) is 11.4. The molecule has 7 nitrogen and oxygen atoms in total. The second-order valence-corrected chi connectivity index (χ2v) is 9.95. The molecule has 1 aromatic heterocycles. The van der Waals surface area contributed by atoms with Gasteiger partial charge in [-0.3, -0.25) is 9.59 Å². The number of carbonyl (C=O) groups excluding carboxylic acids is 2. The van der Waals surface area contributed by atoms with Gasteiger partial charge in [-0.2, -0.15) is 4.31 Å². The molecule has 0 bridgehead atoms. The van der Waals surface area contributed by atoms with Gasteiger partial charge in [-0.15, -0.1) is 11.3 Å². The average Bonchev–Trinajstić information content (AvgIpc) is 3.23. The highest BCUT2D eigenvalue weighted by Gasteiger charge is 2.34. The van der Waals surface area contributed by atoms with Crippen LogP contribution >= 0.6 is 11.3 Å². The Morgan fingerprint density at radius 2 is 1.89 bits per heavy atom. The van der Waals surface area contributed by atoms with Crippen molar-refractivity contribution in [1.29, 1.82) is 0 Å². The van der Waals surface area contributed by atoms with Gasteiger partial charge in [0.25, 0.3) is 15.9 Å². The molecular weight excluding hydrogens is 398 g/mol. The van der Waals surface area contributed by atoms with Crippen molar-refractivity contribution in [3.05, 3.63) is 47.3 Å². The Balaban J connectivity index is 1.59. The number of piperazine rings is 1. The lowest BCUT2D eigenvalue weighted by molar-refractivity contribution is -0.917. The van der Waals surface area contributed by atoms with Gasteiger partial charge in [0.15, 0.2) is 11.8 Å². The zero-order valence-electron chi connectivity index (χ0n) is 15.8. The van der Waals surface area contributed by atoms with Crippen LogP contribution in [-0.2, 0) is 14.8 Å². The Hall–Kier alpha value is -2.07. The molecule has 2 N–H and O–H groups in total. The number of hydrogen-bond donors (Lipinski definition) is 2. The third-order valence-corrected chi connectivity index (χ3v) is 8.27. The summed E-state index contributed by atoms with van der Waals surface area (Å²) in [7, 11) is -3.44. The number of amides is 1. The molecule has 1 fully saturated rings. The number of anilines is 1. The van der Waals surface area contributed by atoms with Crippen molar-refractivity contribution < 1.29 is 22.9 Å². The van der Waals surface area contributed by atoms with E-state index in [0.717, 1.165) is 4.90 Å². The molecule has 2 heterocycles. The van der Waals surface area contributed by atoms with Crippen molar-refractivity contribution in [3.63, 3.8) is 0 Å². The number of nitrogens with one attached hydrogen (secondary N) is 2. The van der Waals surface area contributed by atoms with Crippen LogP contribution in [-0.4, -0.2) is 56.6 Å². The lowest BCUT2D eigenvalue weighted by Crippen LogP contribution is -3.19. The number of Topliss-reactive ketones (excluding diaryl/α,β-unsaturated/α-hetero) is 1. The number of quaternary nitrogens is 1. The molecule has 0 unspecified atom stereocenters. The van der Waals surface area contributed by atoms with Crippen molar-refractivity contribution in [1.82, 2.24) is 4.31 Å². The molecule has 1 atom stereocenters. The summed E-state index contributed by atoms with van der Waals surface area (Å²) in [5.74, 6) is -0.205. The largest absolute Gasteiger partial charge is 0.323 e. The highest BCUT2D eigenvalue weighted by atomic mass is 32.2. The number of carbonyl (C=O) groups is 2. The van der Waals surface area contributed by atoms with Gasteiger partial charge in [0.1, 0.15) is 4.21 Å². The normalized spacial score (nSPS) is 17.2. The molecule has 0 saturated carbocycles. The molecule has 150 valence electrons. The smallest absolute Gasteiger partial charge is 0.282 e. The van der Waals surface area contributed by atoms with Gasteiger partial charge in [-0.05, 0) is 37.4 Å². The van der Waals surface area contributed by atoms with E-state index in [-0.39, 0.29) is 17.7 Å². The van der Waals surface area contributed by atoms with Gasteiger partial charge in [0.2, 0.25) is 0 Å². The molecule has 0 aliphatic carbocycles. The van der Waals surface area contributed by atoms with Crippen molar-refractivity contribution in [2.75, 3.05) is 31.5 Å². The zero-order valence-corrected chi connectivity index (χ0v) is 17.5. The predicted molar refractivity (Wildman–Crippen MR) is 108 cm³/mol. The van der Waals surface area contributed by atoms with E-state index in [1.54, 1.807) is 41.8 Å². The summed E-state index contributed by atoms with van der Waals surface area (Å²) in [6.07, 6.45) is 0. The second kappa shape index (κ2) is 8.52. The Morgan fingerprint density at radius 3 is 2.50 bits per heavy atom. The molecule has 1 amide bonds. The number of benzene rings is 1. The summed E-state index contributed by atoms with van der Waals surface area (Å²) < 4.78 is 27.1. The first kappa shape index (κ1) is 20.7.